The molecule has 236 valence electrons. The van der Waals surface area contributed by atoms with Gasteiger partial charge in [0, 0.05) is 29.0 Å². The van der Waals surface area contributed by atoms with Gasteiger partial charge in [0.2, 0.25) is 11.8 Å². The van der Waals surface area contributed by atoms with Crippen molar-refractivity contribution in [2.75, 3.05) is 24.1 Å². The maximum absolute atomic E-state index is 12.8. The Hall–Kier alpha value is -4.51. The van der Waals surface area contributed by atoms with Crippen LogP contribution in [0.4, 0.5) is 11.6 Å². The Morgan fingerprint density at radius 1 is 1.18 bits per heavy atom. The molecule has 45 heavy (non-hydrogen) atoms. The van der Waals surface area contributed by atoms with Crippen molar-refractivity contribution < 1.29 is 14.1 Å². The van der Waals surface area contributed by atoms with Crippen molar-refractivity contribution in [1.29, 1.82) is 0 Å². The molecule has 1 aliphatic carbocycles. The molecule has 11 heteroatoms. The quantitative estimate of drug-likeness (QED) is 0.252. The number of carbonyl (C=O) groups excluding carboxylic acids is 2. The predicted molar refractivity (Wildman–Crippen MR) is 175 cm³/mol. The summed E-state index contributed by atoms with van der Waals surface area (Å²) in [7, 11) is 0. The standard InChI is InChI=1S/C34H42N8O3/c1-34(2,3)26-18-27(41-45-26)39-28(43)16-21-11-13-22(14-12-21)30-31-32(35)37-19-25-10-5-4-6-15-36-20-29(44)38-24-9-7-8-23(17-24)33(40-30)42(25)31/h5,10-14,18-19,23-24,36H,4,6-9,15-17,20H2,1-3H3,(H2,35,37)(H,38,44)(H,39,41,43)/b10-5+/t23-,24-/m1/s1. The SMILES string of the molecule is CC(C)(C)c1cc(NC(=O)Cc2ccc(-c3nc4n5c(cnc(N)c35)/C=C/CCCNCC(=O)N[C@@H]3CCC[C@@H]4C3)cc2)no1. The van der Waals surface area contributed by atoms with Gasteiger partial charge in [0.05, 0.1) is 24.9 Å². The summed E-state index contributed by atoms with van der Waals surface area (Å²) < 4.78 is 7.55. The monoisotopic (exact) mass is 610 g/mol. The topological polar surface area (TPSA) is 152 Å². The first-order chi connectivity index (χ1) is 21.7. The van der Waals surface area contributed by atoms with E-state index in [0.717, 1.165) is 78.9 Å². The zero-order chi connectivity index (χ0) is 31.6. The van der Waals surface area contributed by atoms with Crippen LogP contribution in [-0.4, -0.2) is 50.5 Å². The van der Waals surface area contributed by atoms with Crippen molar-refractivity contribution in [2.24, 2.45) is 0 Å². The Bertz CT molecular complexity index is 1710. The van der Waals surface area contributed by atoms with E-state index in [4.69, 9.17) is 15.2 Å². The molecule has 0 saturated heterocycles. The van der Waals surface area contributed by atoms with Crippen LogP contribution >= 0.6 is 0 Å². The molecule has 2 bridgehead atoms. The van der Waals surface area contributed by atoms with Gasteiger partial charge in [-0.3, -0.25) is 14.0 Å². The Kier molecular flexibility index (Phi) is 8.71. The number of imidazole rings is 1. The molecule has 0 unspecified atom stereocenters. The first-order valence-electron chi connectivity index (χ1n) is 15.9. The highest BCUT2D eigenvalue weighted by Gasteiger charge is 2.30. The minimum atomic E-state index is -0.196. The van der Waals surface area contributed by atoms with Crippen molar-refractivity contribution in [3.05, 3.63) is 65.4 Å². The van der Waals surface area contributed by atoms with E-state index < -0.39 is 0 Å². The van der Waals surface area contributed by atoms with E-state index in [9.17, 15) is 9.59 Å². The van der Waals surface area contributed by atoms with Crippen LogP contribution in [0.15, 0.2) is 47.1 Å². The summed E-state index contributed by atoms with van der Waals surface area (Å²) in [6, 6.07) is 9.70. The molecule has 4 heterocycles. The number of nitrogens with zero attached hydrogens (tertiary/aromatic N) is 4. The summed E-state index contributed by atoms with van der Waals surface area (Å²) in [5.74, 6) is 2.48. The van der Waals surface area contributed by atoms with E-state index in [0.29, 0.717) is 23.9 Å². The number of amides is 2. The summed E-state index contributed by atoms with van der Waals surface area (Å²) >= 11 is 0. The van der Waals surface area contributed by atoms with E-state index in [2.05, 4.69) is 42.6 Å². The zero-order valence-corrected chi connectivity index (χ0v) is 26.2. The van der Waals surface area contributed by atoms with Crippen LogP contribution in [-0.2, 0) is 21.4 Å². The average molecular weight is 611 g/mol. The third-order valence-corrected chi connectivity index (χ3v) is 8.55. The maximum Gasteiger partial charge on any atom is 0.234 e. The van der Waals surface area contributed by atoms with Crippen LogP contribution in [0.2, 0.25) is 0 Å². The van der Waals surface area contributed by atoms with Crippen molar-refractivity contribution >= 4 is 35.0 Å². The Balaban J connectivity index is 1.30. The molecular formula is C34H42N8O3. The molecule has 3 aromatic heterocycles. The normalized spacial score (nSPS) is 20.2. The molecule has 11 nitrogen and oxygen atoms in total. The number of nitrogens with two attached hydrogens (primary N) is 1. The number of aromatic nitrogens is 4. The number of hydrogen-bond donors (Lipinski definition) is 4. The highest BCUT2D eigenvalue weighted by atomic mass is 16.5. The second-order valence-corrected chi connectivity index (χ2v) is 13.2. The largest absolute Gasteiger partial charge is 0.382 e. The predicted octanol–water partition coefficient (Wildman–Crippen LogP) is 4.98. The smallest absolute Gasteiger partial charge is 0.234 e. The summed E-state index contributed by atoms with van der Waals surface area (Å²) in [5.41, 5.74) is 10.6. The van der Waals surface area contributed by atoms with Crippen molar-refractivity contribution in [3.8, 4) is 11.3 Å². The highest BCUT2D eigenvalue weighted by molar-refractivity contribution is 5.92. The molecule has 2 atom stereocenters. The van der Waals surface area contributed by atoms with E-state index in [-0.39, 0.29) is 35.6 Å². The van der Waals surface area contributed by atoms with Gasteiger partial charge in [-0.05, 0) is 50.3 Å². The summed E-state index contributed by atoms with van der Waals surface area (Å²) in [6.07, 6.45) is 11.8. The summed E-state index contributed by atoms with van der Waals surface area (Å²) in [4.78, 5) is 35.2. The van der Waals surface area contributed by atoms with Gasteiger partial charge in [-0.2, -0.15) is 0 Å². The number of rotatable bonds is 4. The van der Waals surface area contributed by atoms with Crippen LogP contribution in [0.3, 0.4) is 0 Å². The summed E-state index contributed by atoms with van der Waals surface area (Å²) in [6.45, 7) is 7.19. The zero-order valence-electron chi connectivity index (χ0n) is 26.2. The van der Waals surface area contributed by atoms with Gasteiger partial charge in [0.25, 0.3) is 0 Å². The fourth-order valence-corrected chi connectivity index (χ4v) is 6.21. The van der Waals surface area contributed by atoms with Crippen LogP contribution in [0.5, 0.6) is 0 Å². The number of nitrogens with one attached hydrogen (secondary N) is 3. The minimum absolute atomic E-state index is 0.0401. The van der Waals surface area contributed by atoms with E-state index in [1.807, 2.05) is 51.2 Å². The second kappa shape index (κ2) is 12.8. The molecule has 4 aromatic rings. The van der Waals surface area contributed by atoms with Crippen molar-refractivity contribution in [2.45, 2.75) is 83.1 Å². The lowest BCUT2D eigenvalue weighted by Gasteiger charge is -2.29. The van der Waals surface area contributed by atoms with Crippen LogP contribution in [0.1, 0.15) is 88.1 Å². The number of benzene rings is 1. The van der Waals surface area contributed by atoms with Gasteiger partial charge < -0.3 is 26.2 Å². The fraction of sp³-hybridized carbons (Fsp3) is 0.441. The first-order valence-corrected chi connectivity index (χ1v) is 15.9. The lowest BCUT2D eigenvalue weighted by Crippen LogP contribution is -2.42. The van der Waals surface area contributed by atoms with Gasteiger partial charge in [0.15, 0.2) is 5.82 Å². The molecule has 0 spiro atoms. The highest BCUT2D eigenvalue weighted by Crippen LogP contribution is 2.38. The Morgan fingerprint density at radius 3 is 2.78 bits per heavy atom. The van der Waals surface area contributed by atoms with Gasteiger partial charge in [-0.1, -0.05) is 62.7 Å². The maximum atomic E-state index is 12.8. The van der Waals surface area contributed by atoms with Gasteiger partial charge >= 0.3 is 0 Å². The van der Waals surface area contributed by atoms with Gasteiger partial charge in [-0.25, -0.2) is 9.97 Å². The number of allylic oxidation sites excluding steroid dienone is 1. The number of hydrogen-bond acceptors (Lipinski definition) is 8. The molecule has 1 aliphatic heterocycles. The van der Waals surface area contributed by atoms with E-state index in [1.54, 1.807) is 6.07 Å². The van der Waals surface area contributed by atoms with Gasteiger partial charge in [0.1, 0.15) is 28.6 Å². The summed E-state index contributed by atoms with van der Waals surface area (Å²) in [5, 5.41) is 13.3. The van der Waals surface area contributed by atoms with Crippen molar-refractivity contribution in [1.82, 2.24) is 30.2 Å². The molecule has 1 saturated carbocycles. The van der Waals surface area contributed by atoms with Crippen LogP contribution in [0.25, 0.3) is 22.9 Å². The molecule has 2 aliphatic rings. The second-order valence-electron chi connectivity index (χ2n) is 13.2. The van der Waals surface area contributed by atoms with E-state index >= 15 is 0 Å². The third-order valence-electron chi connectivity index (χ3n) is 8.55. The number of nitrogen functional groups attached to an aromatic ring is 1. The Labute approximate surface area is 263 Å². The number of carbonyl (C=O) groups is 2. The lowest BCUT2D eigenvalue weighted by molar-refractivity contribution is -0.121. The number of fused-ring (bicyclic) bond motifs is 3. The molecule has 1 aromatic carbocycles. The minimum Gasteiger partial charge on any atom is -0.382 e. The fourth-order valence-electron chi connectivity index (χ4n) is 6.21. The van der Waals surface area contributed by atoms with Crippen molar-refractivity contribution in [3.63, 3.8) is 0 Å². The van der Waals surface area contributed by atoms with Gasteiger partial charge in [-0.15, -0.1) is 0 Å². The molecule has 5 N–H and O–H groups in total. The lowest BCUT2D eigenvalue weighted by atomic mass is 9.85. The van der Waals surface area contributed by atoms with E-state index in [1.165, 1.54) is 0 Å². The third kappa shape index (κ3) is 6.93. The molecule has 0 radical (unpaired) electrons. The molecule has 2 amide bonds. The number of anilines is 2. The van der Waals surface area contributed by atoms with Crippen LogP contribution < -0.4 is 21.7 Å². The molecular weight excluding hydrogens is 568 g/mol. The average Bonchev–Trinajstić information content (AvgIpc) is 3.64. The molecule has 1 fully saturated rings. The van der Waals surface area contributed by atoms with Crippen LogP contribution in [0, 0.1) is 0 Å². The first kappa shape index (κ1) is 30.5. The Morgan fingerprint density at radius 2 is 2.00 bits per heavy atom. The molecule has 6 rings (SSSR count).